The summed E-state index contributed by atoms with van der Waals surface area (Å²) in [6.45, 7) is 0. The van der Waals surface area contributed by atoms with Crippen molar-refractivity contribution in [1.82, 2.24) is 9.97 Å². The number of rotatable bonds is 7. The molecule has 22 heavy (non-hydrogen) atoms. The van der Waals surface area contributed by atoms with E-state index >= 15 is 0 Å². The van der Waals surface area contributed by atoms with Crippen LogP contribution in [0.15, 0.2) is 12.5 Å². The SMILES string of the molecule is Cl.N[C@@H](CCC(=O)O)C(=O)O.N[C@@H](Cc1cnc[nH]1)C(=O)O. The Kier molecular flexibility index (Phi) is 11.5. The Morgan fingerprint density at radius 2 is 1.68 bits per heavy atom. The van der Waals surface area contributed by atoms with Crippen molar-refractivity contribution < 1.29 is 29.7 Å². The highest BCUT2D eigenvalue weighted by Gasteiger charge is 2.12. The van der Waals surface area contributed by atoms with Crippen molar-refractivity contribution in [3.63, 3.8) is 0 Å². The van der Waals surface area contributed by atoms with Gasteiger partial charge in [0.15, 0.2) is 0 Å². The fourth-order valence-corrected chi connectivity index (χ4v) is 1.12. The van der Waals surface area contributed by atoms with E-state index in [1.54, 1.807) is 6.20 Å². The zero-order valence-electron chi connectivity index (χ0n) is 11.5. The van der Waals surface area contributed by atoms with Crippen molar-refractivity contribution in [1.29, 1.82) is 0 Å². The molecule has 0 amide bonds. The summed E-state index contributed by atoms with van der Waals surface area (Å²) in [5.41, 5.74) is 11.0. The van der Waals surface area contributed by atoms with Gasteiger partial charge in [-0.25, -0.2) is 4.98 Å². The molecule has 0 unspecified atom stereocenters. The Labute approximate surface area is 131 Å². The second-order valence-corrected chi connectivity index (χ2v) is 4.10. The molecule has 1 aromatic heterocycles. The minimum atomic E-state index is -1.17. The number of halogens is 1. The Bertz CT molecular complexity index is 467. The lowest BCUT2D eigenvalue weighted by atomic mass is 10.2. The third-order valence-electron chi connectivity index (χ3n) is 2.30. The lowest BCUT2D eigenvalue weighted by molar-refractivity contribution is -0.140. The summed E-state index contributed by atoms with van der Waals surface area (Å²) in [7, 11) is 0. The van der Waals surface area contributed by atoms with Crippen LogP contribution in [0.3, 0.4) is 0 Å². The zero-order valence-corrected chi connectivity index (χ0v) is 12.3. The van der Waals surface area contributed by atoms with E-state index in [9.17, 15) is 14.4 Å². The first-order valence-corrected chi connectivity index (χ1v) is 5.89. The molecule has 1 rings (SSSR count). The summed E-state index contributed by atoms with van der Waals surface area (Å²) in [4.78, 5) is 36.6. The van der Waals surface area contributed by atoms with Gasteiger partial charge < -0.3 is 31.8 Å². The van der Waals surface area contributed by atoms with Crippen molar-refractivity contribution in [3.8, 4) is 0 Å². The van der Waals surface area contributed by atoms with Gasteiger partial charge in [-0.05, 0) is 6.42 Å². The van der Waals surface area contributed by atoms with Gasteiger partial charge in [-0.3, -0.25) is 14.4 Å². The summed E-state index contributed by atoms with van der Waals surface area (Å²) < 4.78 is 0. The maximum atomic E-state index is 10.3. The van der Waals surface area contributed by atoms with Crippen LogP contribution in [0, 0.1) is 0 Å². The van der Waals surface area contributed by atoms with Gasteiger partial charge in [0.1, 0.15) is 12.1 Å². The number of aromatic amines is 1. The Morgan fingerprint density at radius 3 is 2.05 bits per heavy atom. The second-order valence-electron chi connectivity index (χ2n) is 4.10. The van der Waals surface area contributed by atoms with E-state index in [1.807, 2.05) is 0 Å². The predicted molar refractivity (Wildman–Crippen MR) is 77.6 cm³/mol. The van der Waals surface area contributed by atoms with Gasteiger partial charge in [-0.15, -0.1) is 12.4 Å². The zero-order chi connectivity index (χ0) is 16.4. The molecule has 0 aliphatic carbocycles. The van der Waals surface area contributed by atoms with E-state index in [1.165, 1.54) is 6.33 Å². The van der Waals surface area contributed by atoms with Crippen LogP contribution in [0.4, 0.5) is 0 Å². The highest BCUT2D eigenvalue weighted by Crippen LogP contribution is 1.95. The number of hydrogen-bond acceptors (Lipinski definition) is 6. The number of carboxylic acid groups (broad SMARTS) is 3. The van der Waals surface area contributed by atoms with Gasteiger partial charge in [0.2, 0.25) is 0 Å². The molecule has 1 heterocycles. The maximum Gasteiger partial charge on any atom is 0.320 e. The smallest absolute Gasteiger partial charge is 0.320 e. The number of nitrogens with two attached hydrogens (primary N) is 2. The molecule has 10 nitrogen and oxygen atoms in total. The van der Waals surface area contributed by atoms with E-state index in [0.717, 1.165) is 5.69 Å². The number of H-pyrrole nitrogens is 1. The minimum absolute atomic E-state index is 0. The van der Waals surface area contributed by atoms with E-state index in [4.69, 9.17) is 26.8 Å². The molecule has 126 valence electrons. The van der Waals surface area contributed by atoms with Crippen LogP contribution < -0.4 is 11.5 Å². The molecule has 8 N–H and O–H groups in total. The molecule has 0 saturated heterocycles. The number of nitrogens with zero attached hydrogens (tertiary/aromatic N) is 1. The van der Waals surface area contributed by atoms with Crippen molar-refractivity contribution in [3.05, 3.63) is 18.2 Å². The number of carbonyl (C=O) groups is 3. The van der Waals surface area contributed by atoms with Gasteiger partial charge in [0.05, 0.1) is 6.33 Å². The third-order valence-corrected chi connectivity index (χ3v) is 2.30. The number of carboxylic acids is 3. The van der Waals surface area contributed by atoms with Gasteiger partial charge in [0, 0.05) is 24.7 Å². The predicted octanol–water partition coefficient (Wildman–Crippen LogP) is -0.951. The third kappa shape index (κ3) is 10.6. The van der Waals surface area contributed by atoms with Crippen molar-refractivity contribution in [2.24, 2.45) is 11.5 Å². The minimum Gasteiger partial charge on any atom is -0.481 e. The topological polar surface area (TPSA) is 193 Å². The molecule has 0 spiro atoms. The quantitative estimate of drug-likeness (QED) is 0.363. The fraction of sp³-hybridized carbons (Fsp3) is 0.455. The number of imidazole rings is 1. The summed E-state index contributed by atoms with van der Waals surface area (Å²) in [6.07, 6.45) is 3.11. The Balaban J connectivity index is 0. The molecule has 11 heteroatoms. The molecule has 0 aliphatic heterocycles. The van der Waals surface area contributed by atoms with Crippen LogP contribution in [-0.4, -0.2) is 55.3 Å². The summed E-state index contributed by atoms with van der Waals surface area (Å²) in [5, 5.41) is 24.7. The molecule has 0 aromatic carbocycles. The van der Waals surface area contributed by atoms with E-state index in [-0.39, 0.29) is 31.7 Å². The number of aromatic nitrogens is 2. The number of aliphatic carboxylic acids is 3. The molecule has 0 aliphatic rings. The van der Waals surface area contributed by atoms with Crippen LogP contribution >= 0.6 is 12.4 Å². The van der Waals surface area contributed by atoms with Gasteiger partial charge >= 0.3 is 17.9 Å². The van der Waals surface area contributed by atoms with E-state index in [2.05, 4.69) is 9.97 Å². The maximum absolute atomic E-state index is 10.3. The molecule has 2 atom stereocenters. The fourth-order valence-electron chi connectivity index (χ4n) is 1.12. The van der Waals surface area contributed by atoms with Crippen LogP contribution in [0.25, 0.3) is 0 Å². The molecular weight excluding hydrogens is 320 g/mol. The summed E-state index contributed by atoms with van der Waals surface area (Å²) >= 11 is 0. The number of nitrogens with one attached hydrogen (secondary N) is 1. The average molecular weight is 339 g/mol. The lowest BCUT2D eigenvalue weighted by Gasteiger charge is -2.02. The van der Waals surface area contributed by atoms with Crippen molar-refractivity contribution in [2.45, 2.75) is 31.3 Å². The Morgan fingerprint density at radius 1 is 1.14 bits per heavy atom. The lowest BCUT2D eigenvalue weighted by Crippen LogP contribution is -2.32. The average Bonchev–Trinajstić information content (AvgIpc) is 2.89. The monoisotopic (exact) mass is 338 g/mol. The summed E-state index contributed by atoms with van der Waals surface area (Å²) in [5.74, 6) is -3.20. The molecule has 0 radical (unpaired) electrons. The van der Waals surface area contributed by atoms with Gasteiger partial charge in [-0.2, -0.15) is 0 Å². The van der Waals surface area contributed by atoms with Crippen molar-refractivity contribution >= 4 is 30.3 Å². The molecular formula is C11H19ClN4O6. The van der Waals surface area contributed by atoms with Gasteiger partial charge in [0.25, 0.3) is 0 Å². The van der Waals surface area contributed by atoms with Gasteiger partial charge in [-0.1, -0.05) is 0 Å². The first-order valence-electron chi connectivity index (χ1n) is 5.89. The largest absolute Gasteiger partial charge is 0.481 e. The van der Waals surface area contributed by atoms with E-state index < -0.39 is 30.0 Å². The molecule has 0 bridgehead atoms. The highest BCUT2D eigenvalue weighted by molar-refractivity contribution is 5.85. The first kappa shape index (κ1) is 22.1. The van der Waals surface area contributed by atoms with Crippen LogP contribution in [0.1, 0.15) is 18.5 Å². The first-order chi connectivity index (χ1) is 9.73. The van der Waals surface area contributed by atoms with Crippen LogP contribution in [-0.2, 0) is 20.8 Å². The number of hydrogen-bond donors (Lipinski definition) is 6. The molecule has 0 fully saturated rings. The van der Waals surface area contributed by atoms with Crippen LogP contribution in [0.2, 0.25) is 0 Å². The standard InChI is InChI=1S/C6H9N3O2.C5H9NO4.ClH/c7-5(6(10)11)1-4-2-8-3-9-4;6-3(5(9)10)1-2-4(7)8;/h2-3,5H,1,7H2,(H,8,9)(H,10,11);3H,1-2,6H2,(H,7,8)(H,9,10);1H/t5-;3-;/m00./s1. The summed E-state index contributed by atoms with van der Waals surface area (Å²) in [6, 6.07) is -1.91. The second kappa shape index (κ2) is 11.5. The van der Waals surface area contributed by atoms with E-state index in [0.29, 0.717) is 0 Å². The highest BCUT2D eigenvalue weighted by atomic mass is 35.5. The van der Waals surface area contributed by atoms with Crippen molar-refractivity contribution in [2.75, 3.05) is 0 Å². The van der Waals surface area contributed by atoms with Crippen LogP contribution in [0.5, 0.6) is 0 Å². The normalized spacial score (nSPS) is 12.1. The Hall–Kier alpha value is -2.17. The molecule has 1 aromatic rings. The molecule has 0 saturated carbocycles.